The molecule has 2 N–H and O–H groups in total. The lowest BCUT2D eigenvalue weighted by Crippen LogP contribution is -2.17. The summed E-state index contributed by atoms with van der Waals surface area (Å²) in [6.07, 6.45) is 7.60. The summed E-state index contributed by atoms with van der Waals surface area (Å²) in [4.78, 5) is 34.8. The van der Waals surface area contributed by atoms with Gasteiger partial charge in [0.15, 0.2) is 11.0 Å². The molecule has 3 heterocycles. The predicted molar refractivity (Wildman–Crippen MR) is 114 cm³/mol. The molecule has 0 aliphatic carbocycles. The van der Waals surface area contributed by atoms with Crippen molar-refractivity contribution in [3.63, 3.8) is 0 Å². The number of nitrogens with one attached hydrogen (secondary N) is 2. The normalized spacial score (nSPS) is 10.6. The van der Waals surface area contributed by atoms with Crippen LogP contribution in [-0.2, 0) is 11.2 Å². The smallest absolute Gasteiger partial charge is 0.231 e. The standard InChI is InChI=1S/C19H16N8O2S2/c1-29-12-2-4-13(5-3-12)30-18-14(8-16(28)26-15-9-20-6-7-21-15)25-17(10-22-18)31-19-23-11-24-27-19/h2-7,9-11H,8H2,1H3,(H,21,26,28)(H,23,24,27). The lowest BCUT2D eigenvalue weighted by atomic mass is 10.3. The summed E-state index contributed by atoms with van der Waals surface area (Å²) >= 11 is 2.69. The number of hydrogen-bond donors (Lipinski definition) is 2. The van der Waals surface area contributed by atoms with Crippen LogP contribution in [0.25, 0.3) is 0 Å². The zero-order chi connectivity index (χ0) is 21.5. The van der Waals surface area contributed by atoms with Gasteiger partial charge in [-0.3, -0.25) is 14.9 Å². The molecule has 4 rings (SSSR count). The highest BCUT2D eigenvalue weighted by molar-refractivity contribution is 7.99. The molecule has 0 aliphatic rings. The summed E-state index contributed by atoms with van der Waals surface area (Å²) < 4.78 is 5.20. The van der Waals surface area contributed by atoms with E-state index in [1.165, 1.54) is 48.4 Å². The molecule has 0 aliphatic heterocycles. The van der Waals surface area contributed by atoms with Gasteiger partial charge in [-0.2, -0.15) is 5.10 Å². The van der Waals surface area contributed by atoms with Crippen LogP contribution in [-0.4, -0.2) is 48.1 Å². The number of nitrogens with zero attached hydrogens (tertiary/aromatic N) is 6. The summed E-state index contributed by atoms with van der Waals surface area (Å²) in [5, 5.41) is 11.1. The highest BCUT2D eigenvalue weighted by Crippen LogP contribution is 2.31. The minimum atomic E-state index is -0.270. The fraction of sp³-hybridized carbons (Fsp3) is 0.105. The number of rotatable bonds is 8. The van der Waals surface area contributed by atoms with Crippen LogP contribution in [0.1, 0.15) is 5.69 Å². The first-order valence-corrected chi connectivity index (χ1v) is 10.6. The molecule has 4 aromatic rings. The van der Waals surface area contributed by atoms with E-state index in [1.807, 2.05) is 24.3 Å². The first-order valence-electron chi connectivity index (χ1n) is 8.96. The molecule has 0 saturated heterocycles. The van der Waals surface area contributed by atoms with E-state index in [0.717, 1.165) is 10.6 Å². The van der Waals surface area contributed by atoms with Crippen LogP contribution in [0.15, 0.2) is 75.5 Å². The first kappa shape index (κ1) is 20.8. The second-order valence-corrected chi connectivity index (χ2v) is 8.02. The van der Waals surface area contributed by atoms with Crippen LogP contribution in [0.3, 0.4) is 0 Å². The van der Waals surface area contributed by atoms with Crippen LogP contribution in [0.5, 0.6) is 5.75 Å². The lowest BCUT2D eigenvalue weighted by Gasteiger charge is -2.10. The number of anilines is 1. The molecule has 0 bridgehead atoms. The Balaban J connectivity index is 1.56. The van der Waals surface area contributed by atoms with Gasteiger partial charge < -0.3 is 10.1 Å². The van der Waals surface area contributed by atoms with Crippen LogP contribution in [0.4, 0.5) is 5.82 Å². The number of carbonyl (C=O) groups excluding carboxylic acids is 1. The highest BCUT2D eigenvalue weighted by Gasteiger charge is 2.15. The molecule has 10 nitrogen and oxygen atoms in total. The first-order chi connectivity index (χ1) is 15.2. The number of amides is 1. The molecular weight excluding hydrogens is 436 g/mol. The maximum absolute atomic E-state index is 12.6. The molecule has 31 heavy (non-hydrogen) atoms. The Kier molecular flexibility index (Phi) is 6.69. The van der Waals surface area contributed by atoms with E-state index in [1.54, 1.807) is 13.3 Å². The average molecular weight is 453 g/mol. The number of methoxy groups -OCH3 is 1. The Morgan fingerprint density at radius 3 is 2.68 bits per heavy atom. The molecule has 156 valence electrons. The van der Waals surface area contributed by atoms with Gasteiger partial charge in [-0.1, -0.05) is 11.8 Å². The maximum atomic E-state index is 12.6. The van der Waals surface area contributed by atoms with E-state index >= 15 is 0 Å². The third-order valence-electron chi connectivity index (χ3n) is 3.81. The molecule has 0 atom stereocenters. The summed E-state index contributed by atoms with van der Waals surface area (Å²) in [5.74, 6) is 0.864. The van der Waals surface area contributed by atoms with E-state index in [0.29, 0.717) is 26.7 Å². The van der Waals surface area contributed by atoms with Crippen molar-refractivity contribution < 1.29 is 9.53 Å². The Bertz CT molecular complexity index is 1140. The van der Waals surface area contributed by atoms with Crippen molar-refractivity contribution in [3.05, 3.63) is 61.1 Å². The van der Waals surface area contributed by atoms with Crippen LogP contribution < -0.4 is 10.1 Å². The van der Waals surface area contributed by atoms with Gasteiger partial charge in [0.1, 0.15) is 22.1 Å². The van der Waals surface area contributed by atoms with Gasteiger partial charge in [0.2, 0.25) is 5.91 Å². The monoisotopic (exact) mass is 452 g/mol. The average Bonchev–Trinajstić information content (AvgIpc) is 3.30. The van der Waals surface area contributed by atoms with E-state index in [-0.39, 0.29) is 12.3 Å². The number of aromatic nitrogens is 7. The number of benzene rings is 1. The third kappa shape index (κ3) is 5.77. The van der Waals surface area contributed by atoms with Crippen molar-refractivity contribution in [2.24, 2.45) is 0 Å². The van der Waals surface area contributed by atoms with Gasteiger partial charge >= 0.3 is 0 Å². The van der Waals surface area contributed by atoms with Crippen molar-refractivity contribution in [2.45, 2.75) is 26.5 Å². The molecule has 0 fully saturated rings. The number of hydrogen-bond acceptors (Lipinski definition) is 10. The van der Waals surface area contributed by atoms with E-state index < -0.39 is 0 Å². The summed E-state index contributed by atoms with van der Waals surface area (Å²) in [6, 6.07) is 7.58. The molecule has 0 spiro atoms. The van der Waals surface area contributed by atoms with E-state index in [4.69, 9.17) is 4.74 Å². The second kappa shape index (κ2) is 10.00. The fourth-order valence-corrected chi connectivity index (χ4v) is 3.94. The Labute approximate surface area is 185 Å². The summed E-state index contributed by atoms with van der Waals surface area (Å²) in [6.45, 7) is 0. The molecule has 1 aromatic carbocycles. The van der Waals surface area contributed by atoms with Crippen molar-refractivity contribution in [3.8, 4) is 5.75 Å². The zero-order valence-corrected chi connectivity index (χ0v) is 17.9. The Morgan fingerprint density at radius 2 is 1.97 bits per heavy atom. The molecule has 0 saturated carbocycles. The Hall–Kier alpha value is -3.51. The molecule has 0 radical (unpaired) electrons. The van der Waals surface area contributed by atoms with Crippen LogP contribution >= 0.6 is 23.5 Å². The number of carbonyl (C=O) groups is 1. The van der Waals surface area contributed by atoms with Gasteiger partial charge in [0.05, 0.1) is 31.6 Å². The van der Waals surface area contributed by atoms with Gasteiger partial charge in [0.25, 0.3) is 0 Å². The van der Waals surface area contributed by atoms with Crippen molar-refractivity contribution >= 4 is 35.2 Å². The maximum Gasteiger partial charge on any atom is 0.231 e. The largest absolute Gasteiger partial charge is 0.497 e. The number of ether oxygens (including phenoxy) is 1. The van der Waals surface area contributed by atoms with Gasteiger partial charge in [-0.15, -0.1) is 0 Å². The van der Waals surface area contributed by atoms with Crippen molar-refractivity contribution in [1.29, 1.82) is 0 Å². The van der Waals surface area contributed by atoms with Crippen molar-refractivity contribution in [1.82, 2.24) is 35.1 Å². The Morgan fingerprint density at radius 1 is 1.10 bits per heavy atom. The molecule has 0 unspecified atom stereocenters. The molecule has 1 amide bonds. The van der Waals surface area contributed by atoms with E-state index in [9.17, 15) is 4.79 Å². The summed E-state index contributed by atoms with van der Waals surface area (Å²) in [5.41, 5.74) is 0.534. The lowest BCUT2D eigenvalue weighted by molar-refractivity contribution is -0.115. The topological polar surface area (TPSA) is 131 Å². The van der Waals surface area contributed by atoms with Crippen molar-refractivity contribution in [2.75, 3.05) is 12.4 Å². The molecule has 12 heteroatoms. The number of aromatic amines is 1. The second-order valence-electron chi connectivity index (χ2n) is 5.95. The highest BCUT2D eigenvalue weighted by atomic mass is 32.2. The van der Waals surface area contributed by atoms with Gasteiger partial charge in [0, 0.05) is 17.3 Å². The SMILES string of the molecule is COc1ccc(Sc2ncc(Sc3ncn[nH]3)nc2CC(=O)Nc2cnccn2)cc1. The van der Waals surface area contributed by atoms with E-state index in [2.05, 4.69) is 40.4 Å². The quantitative estimate of drug-likeness (QED) is 0.411. The molecule has 3 aromatic heterocycles. The van der Waals surface area contributed by atoms with Gasteiger partial charge in [-0.05, 0) is 36.0 Å². The molecular formula is C19H16N8O2S2. The number of H-pyrrole nitrogens is 1. The fourth-order valence-electron chi connectivity index (χ4n) is 2.45. The van der Waals surface area contributed by atoms with Gasteiger partial charge in [-0.25, -0.2) is 19.9 Å². The minimum Gasteiger partial charge on any atom is -0.497 e. The summed E-state index contributed by atoms with van der Waals surface area (Å²) in [7, 11) is 1.62. The third-order valence-corrected chi connectivity index (χ3v) is 5.65. The van der Waals surface area contributed by atoms with Crippen LogP contribution in [0, 0.1) is 0 Å². The predicted octanol–water partition coefficient (Wildman–Crippen LogP) is 2.88. The van der Waals surface area contributed by atoms with Crippen LogP contribution in [0.2, 0.25) is 0 Å². The zero-order valence-electron chi connectivity index (χ0n) is 16.2. The minimum absolute atomic E-state index is 0.0207.